The summed E-state index contributed by atoms with van der Waals surface area (Å²) in [6.45, 7) is 5.53. The minimum Gasteiger partial charge on any atom is -0.506 e. The molecule has 270 valence electrons. The number of urea groups is 1. The van der Waals surface area contributed by atoms with E-state index in [1.54, 1.807) is 21.9 Å². The number of hydrogen-bond donors (Lipinski definition) is 3. The molecule has 4 aliphatic rings. The molecule has 6 rings (SSSR count). The standard InChI is InChI=1S/C35H44Br2N6O7/c36-27-19-23(20-28(37)32(27)46)21-30(33(47)41-10-6-25(7-11-41)40-17-15-39(16-18-40)22-31(44)45)50-35(49)42-12-8-26(9-13-42)43-14-5-24-3-1-2-4-29(24)38-34(43)48/h1-4,19-20,25-26,30,46H,5-18,21-22H2,(H,38,48)(H,44,45)/t30-/m1/s1. The number of carboxylic acids is 1. The van der Waals surface area contributed by atoms with Crippen molar-refractivity contribution < 1.29 is 34.1 Å². The lowest BCUT2D eigenvalue weighted by molar-refractivity contribution is -0.142. The predicted molar refractivity (Wildman–Crippen MR) is 193 cm³/mol. The molecule has 0 bridgehead atoms. The largest absolute Gasteiger partial charge is 0.506 e. The van der Waals surface area contributed by atoms with Crippen LogP contribution in [0.3, 0.4) is 0 Å². The van der Waals surface area contributed by atoms with Gasteiger partial charge in [-0.1, -0.05) is 18.2 Å². The number of halogens is 2. The van der Waals surface area contributed by atoms with Gasteiger partial charge in [0.15, 0.2) is 6.10 Å². The van der Waals surface area contributed by atoms with Gasteiger partial charge in [0.2, 0.25) is 0 Å². The quantitative estimate of drug-likeness (QED) is 0.357. The van der Waals surface area contributed by atoms with Crippen LogP contribution in [-0.4, -0.2) is 142 Å². The number of fused-ring (bicyclic) bond motifs is 1. The second-order valence-corrected chi connectivity index (χ2v) is 15.2. The number of nitrogens with one attached hydrogen (secondary N) is 1. The molecule has 4 amide bonds. The molecule has 0 unspecified atom stereocenters. The van der Waals surface area contributed by atoms with E-state index in [0.717, 1.165) is 43.6 Å². The Bertz CT molecular complexity index is 1550. The highest BCUT2D eigenvalue weighted by Crippen LogP contribution is 2.34. The zero-order valence-corrected chi connectivity index (χ0v) is 31.1. The van der Waals surface area contributed by atoms with Crippen LogP contribution < -0.4 is 5.32 Å². The van der Waals surface area contributed by atoms with Crippen molar-refractivity contribution in [3.05, 3.63) is 56.5 Å². The molecule has 3 N–H and O–H groups in total. The third-order valence-corrected chi connectivity index (χ3v) is 11.6. The van der Waals surface area contributed by atoms with Crippen LogP contribution in [0.5, 0.6) is 5.75 Å². The summed E-state index contributed by atoms with van der Waals surface area (Å²) >= 11 is 6.74. The molecule has 3 fully saturated rings. The highest BCUT2D eigenvalue weighted by atomic mass is 79.9. The number of carbonyl (C=O) groups excluding carboxylic acids is 3. The molecule has 1 atom stereocenters. The van der Waals surface area contributed by atoms with E-state index < -0.39 is 18.2 Å². The van der Waals surface area contributed by atoms with Crippen LogP contribution in [0, 0.1) is 0 Å². The maximum atomic E-state index is 14.0. The number of amides is 4. The molecule has 0 saturated carbocycles. The Morgan fingerprint density at radius 3 is 2.14 bits per heavy atom. The molecule has 50 heavy (non-hydrogen) atoms. The summed E-state index contributed by atoms with van der Waals surface area (Å²) in [5.41, 5.74) is 2.66. The molecule has 0 aliphatic carbocycles. The number of ether oxygens (including phenoxy) is 1. The lowest BCUT2D eigenvalue weighted by Crippen LogP contribution is -2.55. The number of nitrogens with zero attached hydrogens (tertiary/aromatic N) is 5. The third kappa shape index (κ3) is 8.72. The number of carboxylic acid groups (broad SMARTS) is 1. The van der Waals surface area contributed by atoms with Crippen molar-refractivity contribution in [1.82, 2.24) is 24.5 Å². The highest BCUT2D eigenvalue weighted by molar-refractivity contribution is 9.11. The molecule has 2 aromatic carbocycles. The second kappa shape index (κ2) is 16.3. The lowest BCUT2D eigenvalue weighted by atomic mass is 10.0. The van der Waals surface area contributed by atoms with Crippen molar-refractivity contribution >= 4 is 61.5 Å². The molecular formula is C35H44Br2N6O7. The van der Waals surface area contributed by atoms with Crippen LogP contribution in [0.2, 0.25) is 0 Å². The first kappa shape index (κ1) is 36.4. The topological polar surface area (TPSA) is 146 Å². The van der Waals surface area contributed by atoms with E-state index in [9.17, 15) is 24.3 Å². The van der Waals surface area contributed by atoms with Crippen molar-refractivity contribution in [2.24, 2.45) is 0 Å². The molecule has 2 aromatic rings. The molecule has 0 radical (unpaired) electrons. The van der Waals surface area contributed by atoms with E-state index in [4.69, 9.17) is 9.84 Å². The van der Waals surface area contributed by atoms with E-state index in [0.29, 0.717) is 79.2 Å². The lowest BCUT2D eigenvalue weighted by Gasteiger charge is -2.43. The summed E-state index contributed by atoms with van der Waals surface area (Å²) in [6.07, 6.45) is 2.05. The van der Waals surface area contributed by atoms with Gasteiger partial charge in [0, 0.05) is 83.1 Å². The zero-order valence-electron chi connectivity index (χ0n) is 27.9. The molecule has 3 saturated heterocycles. The molecule has 15 heteroatoms. The van der Waals surface area contributed by atoms with Crippen molar-refractivity contribution in [1.29, 1.82) is 0 Å². The van der Waals surface area contributed by atoms with Gasteiger partial charge in [-0.3, -0.25) is 19.4 Å². The number of aromatic hydroxyl groups is 1. The first-order valence-electron chi connectivity index (χ1n) is 17.3. The highest BCUT2D eigenvalue weighted by Gasteiger charge is 2.37. The van der Waals surface area contributed by atoms with E-state index in [1.807, 2.05) is 34.1 Å². The molecular weight excluding hydrogens is 776 g/mol. The third-order valence-electron chi connectivity index (χ3n) is 10.4. The van der Waals surface area contributed by atoms with Crippen molar-refractivity contribution in [2.45, 2.75) is 56.7 Å². The molecule has 0 spiro atoms. The number of para-hydroxylation sites is 1. The monoisotopic (exact) mass is 818 g/mol. The maximum Gasteiger partial charge on any atom is 0.410 e. The Morgan fingerprint density at radius 1 is 0.860 bits per heavy atom. The number of carbonyl (C=O) groups is 4. The summed E-state index contributed by atoms with van der Waals surface area (Å²) in [7, 11) is 0. The SMILES string of the molecule is O=C(O)CN1CCN(C2CCN(C(=O)[C@@H](Cc3cc(Br)c(O)c(Br)c3)OC(=O)N3CCC(N4CCc5ccccc5NC4=O)CC3)CC2)CC1. The smallest absolute Gasteiger partial charge is 0.410 e. The van der Waals surface area contributed by atoms with E-state index >= 15 is 0 Å². The van der Waals surface area contributed by atoms with Crippen molar-refractivity contribution in [2.75, 3.05) is 70.8 Å². The van der Waals surface area contributed by atoms with Crippen LogP contribution in [0.25, 0.3) is 0 Å². The minimum atomic E-state index is -1.06. The molecule has 4 aliphatic heterocycles. The Kier molecular flexibility index (Phi) is 11.9. The number of benzene rings is 2. The van der Waals surface area contributed by atoms with Gasteiger partial charge < -0.3 is 35.0 Å². The Balaban J connectivity index is 1.06. The first-order chi connectivity index (χ1) is 24.0. The van der Waals surface area contributed by atoms with Gasteiger partial charge in [-0.2, -0.15) is 0 Å². The summed E-state index contributed by atoms with van der Waals surface area (Å²) in [6, 6.07) is 11.4. The fraction of sp³-hybridized carbons (Fsp3) is 0.543. The van der Waals surface area contributed by atoms with Crippen LogP contribution in [0.4, 0.5) is 15.3 Å². The average molecular weight is 821 g/mol. The van der Waals surface area contributed by atoms with Crippen LogP contribution in [-0.2, 0) is 27.2 Å². The van der Waals surface area contributed by atoms with Crippen molar-refractivity contribution in [3.63, 3.8) is 0 Å². The second-order valence-electron chi connectivity index (χ2n) is 13.5. The first-order valence-corrected chi connectivity index (χ1v) is 18.9. The number of aliphatic carboxylic acids is 1. The van der Waals surface area contributed by atoms with Crippen LogP contribution in [0.15, 0.2) is 45.3 Å². The summed E-state index contributed by atoms with van der Waals surface area (Å²) in [5.74, 6) is -1.02. The Morgan fingerprint density at radius 2 is 1.48 bits per heavy atom. The minimum absolute atomic E-state index is 0.0149. The van der Waals surface area contributed by atoms with Gasteiger partial charge in [-0.05, 0) is 93.3 Å². The number of piperidine rings is 2. The van der Waals surface area contributed by atoms with Gasteiger partial charge in [0.05, 0.1) is 15.5 Å². The zero-order chi connectivity index (χ0) is 35.4. The van der Waals surface area contributed by atoms with Gasteiger partial charge in [-0.25, -0.2) is 9.59 Å². The molecule has 4 heterocycles. The maximum absolute atomic E-state index is 14.0. The van der Waals surface area contributed by atoms with Crippen molar-refractivity contribution in [3.8, 4) is 5.75 Å². The fourth-order valence-corrected chi connectivity index (χ4v) is 8.84. The van der Waals surface area contributed by atoms with Gasteiger partial charge >= 0.3 is 18.1 Å². The number of piperazine rings is 1. The van der Waals surface area contributed by atoms with E-state index in [1.165, 1.54) is 0 Å². The summed E-state index contributed by atoms with van der Waals surface area (Å²) in [5, 5.41) is 22.4. The van der Waals surface area contributed by atoms with Gasteiger partial charge in [0.25, 0.3) is 5.91 Å². The average Bonchev–Trinajstić information content (AvgIpc) is 3.28. The van der Waals surface area contributed by atoms with Crippen LogP contribution in [0.1, 0.15) is 36.8 Å². The number of hydrogen-bond acceptors (Lipinski definition) is 8. The van der Waals surface area contributed by atoms with E-state index in [-0.39, 0.29) is 36.7 Å². The number of rotatable bonds is 8. The fourth-order valence-electron chi connectivity index (χ4n) is 7.56. The number of phenols is 1. The number of anilines is 1. The molecule has 0 aromatic heterocycles. The normalized spacial score (nSPS) is 20.5. The summed E-state index contributed by atoms with van der Waals surface area (Å²) < 4.78 is 6.94. The number of likely N-dealkylation sites (tertiary alicyclic amines) is 2. The van der Waals surface area contributed by atoms with Crippen LogP contribution >= 0.6 is 31.9 Å². The Hall–Kier alpha value is -3.40. The van der Waals surface area contributed by atoms with Gasteiger partial charge in [-0.15, -0.1) is 0 Å². The molecule has 13 nitrogen and oxygen atoms in total. The van der Waals surface area contributed by atoms with E-state index in [2.05, 4.69) is 42.1 Å². The number of phenolic OH excluding ortho intramolecular Hbond substituents is 1. The summed E-state index contributed by atoms with van der Waals surface area (Å²) in [4.78, 5) is 61.4. The predicted octanol–water partition coefficient (Wildman–Crippen LogP) is 4.21. The van der Waals surface area contributed by atoms with Gasteiger partial charge in [0.1, 0.15) is 5.75 Å². The Labute approximate surface area is 308 Å².